The Kier molecular flexibility index (Phi) is 4.55. The number of nitrogens with two attached hydrogens (primary N) is 1. The molecule has 0 spiro atoms. The molecular weight excluding hydrogens is 297 g/mol. The predicted octanol–water partition coefficient (Wildman–Crippen LogP) is 3.31. The number of hydrogen-bond donors (Lipinski definition) is 2. The molecule has 0 saturated carbocycles. The largest absolute Gasteiger partial charge is 0.484 e. The van der Waals surface area contributed by atoms with Crippen molar-refractivity contribution in [2.75, 3.05) is 17.7 Å². The maximum Gasteiger partial charge on any atom is 0.416 e. The normalized spacial score (nSPS) is 11.0. The van der Waals surface area contributed by atoms with E-state index in [0.717, 1.165) is 12.1 Å². The van der Waals surface area contributed by atoms with Crippen molar-refractivity contribution in [3.8, 4) is 5.75 Å². The van der Waals surface area contributed by atoms with Gasteiger partial charge in [-0.2, -0.15) is 13.2 Å². The van der Waals surface area contributed by atoms with Crippen LogP contribution in [0.25, 0.3) is 0 Å². The van der Waals surface area contributed by atoms with E-state index in [1.165, 1.54) is 18.2 Å². The molecule has 2 aromatic rings. The van der Waals surface area contributed by atoms with Crippen LogP contribution in [0.2, 0.25) is 0 Å². The highest BCUT2D eigenvalue weighted by molar-refractivity contribution is 5.91. The lowest BCUT2D eigenvalue weighted by Gasteiger charge is -2.10. The third-order valence-corrected chi connectivity index (χ3v) is 2.70. The van der Waals surface area contributed by atoms with Crippen molar-refractivity contribution >= 4 is 17.3 Å². The van der Waals surface area contributed by atoms with Crippen molar-refractivity contribution in [2.24, 2.45) is 0 Å². The summed E-state index contributed by atoms with van der Waals surface area (Å²) in [5, 5.41) is 2.34. The van der Waals surface area contributed by atoms with Gasteiger partial charge in [0.15, 0.2) is 6.61 Å². The van der Waals surface area contributed by atoms with Crippen LogP contribution in [0, 0.1) is 0 Å². The van der Waals surface area contributed by atoms with E-state index < -0.39 is 17.6 Å². The smallest absolute Gasteiger partial charge is 0.416 e. The third-order valence-electron chi connectivity index (χ3n) is 2.70. The minimum atomic E-state index is -4.46. The zero-order chi connectivity index (χ0) is 16.2. The van der Waals surface area contributed by atoms with Crippen molar-refractivity contribution < 1.29 is 22.7 Å². The topological polar surface area (TPSA) is 64.3 Å². The summed E-state index contributed by atoms with van der Waals surface area (Å²) >= 11 is 0. The Morgan fingerprint density at radius 1 is 1.14 bits per heavy atom. The monoisotopic (exact) mass is 310 g/mol. The minimum Gasteiger partial charge on any atom is -0.484 e. The number of halogens is 3. The summed E-state index contributed by atoms with van der Waals surface area (Å²) in [6, 6.07) is 10.9. The maximum absolute atomic E-state index is 12.6. The average molecular weight is 310 g/mol. The van der Waals surface area contributed by atoms with Crippen LogP contribution in [-0.4, -0.2) is 12.5 Å². The van der Waals surface area contributed by atoms with Crippen LogP contribution in [0.15, 0.2) is 48.5 Å². The molecule has 0 aliphatic carbocycles. The fourth-order valence-electron chi connectivity index (χ4n) is 1.72. The van der Waals surface area contributed by atoms with Crippen LogP contribution in [0.3, 0.4) is 0 Å². The molecule has 7 heteroatoms. The number of ether oxygens (including phenoxy) is 1. The summed E-state index contributed by atoms with van der Waals surface area (Å²) in [4.78, 5) is 11.7. The summed E-state index contributed by atoms with van der Waals surface area (Å²) in [6.45, 7) is -0.334. The zero-order valence-corrected chi connectivity index (χ0v) is 11.4. The Labute approximate surface area is 124 Å². The van der Waals surface area contributed by atoms with Crippen LogP contribution in [0.5, 0.6) is 5.75 Å². The van der Waals surface area contributed by atoms with Crippen molar-refractivity contribution in [3.63, 3.8) is 0 Å². The summed E-state index contributed by atoms with van der Waals surface area (Å²) in [6.07, 6.45) is -4.46. The van der Waals surface area contributed by atoms with Crippen LogP contribution in [-0.2, 0) is 11.0 Å². The van der Waals surface area contributed by atoms with E-state index in [-0.39, 0.29) is 12.3 Å². The second-order valence-electron chi connectivity index (χ2n) is 4.49. The van der Waals surface area contributed by atoms with Gasteiger partial charge in [-0.15, -0.1) is 0 Å². The molecule has 0 aliphatic heterocycles. The number of carbonyl (C=O) groups excluding carboxylic acids is 1. The first kappa shape index (κ1) is 15.7. The first-order valence-corrected chi connectivity index (χ1v) is 6.30. The molecule has 0 saturated heterocycles. The van der Waals surface area contributed by atoms with Gasteiger partial charge in [0.2, 0.25) is 0 Å². The van der Waals surface area contributed by atoms with E-state index in [1.807, 2.05) is 0 Å². The van der Waals surface area contributed by atoms with E-state index >= 15 is 0 Å². The number of hydrogen-bond acceptors (Lipinski definition) is 3. The van der Waals surface area contributed by atoms with Crippen molar-refractivity contribution in [2.45, 2.75) is 6.18 Å². The van der Waals surface area contributed by atoms with Crippen LogP contribution in [0.4, 0.5) is 24.5 Å². The van der Waals surface area contributed by atoms with Crippen LogP contribution >= 0.6 is 0 Å². The van der Waals surface area contributed by atoms with Gasteiger partial charge >= 0.3 is 6.18 Å². The summed E-state index contributed by atoms with van der Waals surface area (Å²) in [5.41, 5.74) is 5.26. The molecule has 1 amide bonds. The SMILES string of the molecule is Nc1cccc(OCC(=O)Nc2cccc(C(F)(F)F)c2)c1. The predicted molar refractivity (Wildman–Crippen MR) is 76.4 cm³/mol. The van der Waals surface area contributed by atoms with Gasteiger partial charge in [0.05, 0.1) is 5.56 Å². The fourth-order valence-corrected chi connectivity index (χ4v) is 1.72. The molecular formula is C15H13F3N2O2. The molecule has 0 heterocycles. The maximum atomic E-state index is 12.6. The first-order chi connectivity index (χ1) is 10.3. The number of alkyl halides is 3. The van der Waals surface area contributed by atoms with E-state index in [1.54, 1.807) is 18.2 Å². The molecule has 3 N–H and O–H groups in total. The third kappa shape index (κ3) is 4.41. The molecule has 2 aromatic carbocycles. The van der Waals surface area contributed by atoms with E-state index in [0.29, 0.717) is 11.4 Å². The van der Waals surface area contributed by atoms with E-state index in [9.17, 15) is 18.0 Å². The summed E-state index contributed by atoms with van der Waals surface area (Å²) < 4.78 is 42.9. The number of nitrogens with one attached hydrogen (secondary N) is 1. The van der Waals surface area contributed by atoms with Gasteiger partial charge in [-0.05, 0) is 30.3 Å². The van der Waals surface area contributed by atoms with Gasteiger partial charge in [-0.3, -0.25) is 4.79 Å². The summed E-state index contributed by atoms with van der Waals surface area (Å²) in [5.74, 6) is -0.166. The van der Waals surface area contributed by atoms with Gasteiger partial charge in [0.25, 0.3) is 5.91 Å². The van der Waals surface area contributed by atoms with Gasteiger partial charge in [-0.1, -0.05) is 12.1 Å². The van der Waals surface area contributed by atoms with Gasteiger partial charge in [-0.25, -0.2) is 0 Å². The molecule has 0 unspecified atom stereocenters. The molecule has 0 fully saturated rings. The molecule has 2 rings (SSSR count). The second kappa shape index (κ2) is 6.38. The minimum absolute atomic E-state index is 0.0519. The number of carbonyl (C=O) groups is 1. The van der Waals surface area contributed by atoms with Crippen molar-refractivity contribution in [1.82, 2.24) is 0 Å². The van der Waals surface area contributed by atoms with Gasteiger partial charge in [0, 0.05) is 17.4 Å². The highest BCUT2D eigenvalue weighted by Gasteiger charge is 2.30. The number of anilines is 2. The lowest BCUT2D eigenvalue weighted by atomic mass is 10.2. The molecule has 116 valence electrons. The lowest BCUT2D eigenvalue weighted by molar-refractivity contribution is -0.137. The standard InChI is InChI=1S/C15H13F3N2O2/c16-15(17,18)10-3-1-5-12(7-10)20-14(21)9-22-13-6-2-4-11(19)8-13/h1-8H,9,19H2,(H,20,21). The number of benzene rings is 2. The second-order valence-corrected chi connectivity index (χ2v) is 4.49. The Hall–Kier alpha value is -2.70. The number of amides is 1. The molecule has 4 nitrogen and oxygen atoms in total. The number of rotatable bonds is 4. The molecule has 0 aromatic heterocycles. The quantitative estimate of drug-likeness (QED) is 0.852. The Morgan fingerprint density at radius 3 is 2.55 bits per heavy atom. The molecule has 0 radical (unpaired) electrons. The van der Waals surface area contributed by atoms with Gasteiger partial charge in [0.1, 0.15) is 5.75 Å². The Morgan fingerprint density at radius 2 is 1.86 bits per heavy atom. The fraction of sp³-hybridized carbons (Fsp3) is 0.133. The van der Waals surface area contributed by atoms with E-state index in [4.69, 9.17) is 10.5 Å². The Bertz CT molecular complexity index is 672. The Balaban J connectivity index is 1.95. The van der Waals surface area contributed by atoms with Crippen molar-refractivity contribution in [1.29, 1.82) is 0 Å². The highest BCUT2D eigenvalue weighted by Crippen LogP contribution is 2.30. The van der Waals surface area contributed by atoms with E-state index in [2.05, 4.69) is 5.32 Å². The van der Waals surface area contributed by atoms with Crippen molar-refractivity contribution in [3.05, 3.63) is 54.1 Å². The average Bonchev–Trinajstić information content (AvgIpc) is 2.45. The molecule has 0 aliphatic rings. The molecule has 22 heavy (non-hydrogen) atoms. The van der Waals surface area contributed by atoms with Crippen LogP contribution < -0.4 is 15.8 Å². The lowest BCUT2D eigenvalue weighted by Crippen LogP contribution is -2.20. The number of nitrogen functional groups attached to an aromatic ring is 1. The molecule has 0 bridgehead atoms. The first-order valence-electron chi connectivity index (χ1n) is 6.30. The van der Waals surface area contributed by atoms with Gasteiger partial charge < -0.3 is 15.8 Å². The highest BCUT2D eigenvalue weighted by atomic mass is 19.4. The summed E-state index contributed by atoms with van der Waals surface area (Å²) in [7, 11) is 0. The molecule has 0 atom stereocenters. The zero-order valence-electron chi connectivity index (χ0n) is 11.4. The van der Waals surface area contributed by atoms with Crippen LogP contribution in [0.1, 0.15) is 5.56 Å².